The number of aromatic amines is 1. The van der Waals surface area contributed by atoms with Crippen molar-refractivity contribution in [2.75, 3.05) is 17.2 Å². The first-order chi connectivity index (χ1) is 7.81. The zero-order valence-electron chi connectivity index (χ0n) is 9.36. The third kappa shape index (κ3) is 2.41. The molecular weight excluding hydrogens is 244 g/mol. The number of nitrogens with one attached hydrogen (secondary N) is 2. The van der Waals surface area contributed by atoms with E-state index in [-0.39, 0.29) is 22.9 Å². The van der Waals surface area contributed by atoms with Crippen LogP contribution in [0.5, 0.6) is 0 Å². The molecule has 1 amide bonds. The van der Waals surface area contributed by atoms with Gasteiger partial charge < -0.3 is 11.1 Å². The van der Waals surface area contributed by atoms with E-state index in [9.17, 15) is 13.2 Å². The van der Waals surface area contributed by atoms with Crippen LogP contribution in [0.1, 0.15) is 23.8 Å². The highest BCUT2D eigenvalue weighted by Gasteiger charge is 2.39. The SMILES string of the molecule is CC1(NC(=O)c2[nH]ncc2N)CCS(=O)(=O)C1. The lowest BCUT2D eigenvalue weighted by Crippen LogP contribution is -2.47. The molecule has 0 radical (unpaired) electrons. The maximum atomic E-state index is 11.8. The lowest BCUT2D eigenvalue weighted by atomic mass is 10.0. The summed E-state index contributed by atoms with van der Waals surface area (Å²) in [5.74, 6) is -0.373. The number of nitrogens with two attached hydrogens (primary N) is 1. The standard InChI is InChI=1S/C9H14N4O3S/c1-9(2-3-17(15,16)5-9)12-8(14)7-6(10)4-11-13-7/h4H,2-3,5,10H2,1H3,(H,11,13)(H,12,14). The minimum absolute atomic E-state index is 0.0419. The molecule has 8 heteroatoms. The molecule has 17 heavy (non-hydrogen) atoms. The van der Waals surface area contributed by atoms with E-state index in [1.54, 1.807) is 6.92 Å². The Labute approximate surface area is 98.7 Å². The molecule has 1 saturated heterocycles. The van der Waals surface area contributed by atoms with Crippen LogP contribution in [0.2, 0.25) is 0 Å². The Bertz CT molecular complexity index is 550. The van der Waals surface area contributed by atoms with Crippen LogP contribution in [0, 0.1) is 0 Å². The quantitative estimate of drug-likeness (QED) is 0.648. The van der Waals surface area contributed by atoms with Crippen LogP contribution >= 0.6 is 0 Å². The van der Waals surface area contributed by atoms with Crippen LogP contribution in [0.4, 0.5) is 5.69 Å². The van der Waals surface area contributed by atoms with Crippen molar-refractivity contribution in [3.8, 4) is 0 Å². The second-order valence-corrected chi connectivity index (χ2v) is 6.74. The van der Waals surface area contributed by atoms with Gasteiger partial charge in [-0.15, -0.1) is 0 Å². The average Bonchev–Trinajstić information content (AvgIpc) is 2.70. The van der Waals surface area contributed by atoms with Crippen LogP contribution in [0.3, 0.4) is 0 Å². The predicted molar refractivity (Wildman–Crippen MR) is 62.1 cm³/mol. The number of rotatable bonds is 2. The van der Waals surface area contributed by atoms with Crippen molar-refractivity contribution in [2.45, 2.75) is 18.9 Å². The number of amides is 1. The van der Waals surface area contributed by atoms with Gasteiger partial charge in [-0.3, -0.25) is 9.89 Å². The van der Waals surface area contributed by atoms with Crippen molar-refractivity contribution in [3.63, 3.8) is 0 Å². The molecule has 1 aliphatic heterocycles. The normalized spacial score (nSPS) is 26.9. The van der Waals surface area contributed by atoms with Crippen molar-refractivity contribution < 1.29 is 13.2 Å². The van der Waals surface area contributed by atoms with Gasteiger partial charge in [0.1, 0.15) is 5.69 Å². The van der Waals surface area contributed by atoms with Crippen molar-refractivity contribution in [2.24, 2.45) is 0 Å². The van der Waals surface area contributed by atoms with Crippen LogP contribution in [0.15, 0.2) is 6.20 Å². The molecule has 1 aromatic rings. The third-order valence-corrected chi connectivity index (χ3v) is 4.72. The van der Waals surface area contributed by atoms with E-state index < -0.39 is 21.3 Å². The zero-order valence-corrected chi connectivity index (χ0v) is 10.2. The zero-order chi connectivity index (χ0) is 12.7. The largest absolute Gasteiger partial charge is 0.396 e. The van der Waals surface area contributed by atoms with Crippen molar-refractivity contribution >= 4 is 21.4 Å². The first-order valence-corrected chi connectivity index (χ1v) is 6.95. The monoisotopic (exact) mass is 258 g/mol. The molecule has 1 fully saturated rings. The molecular formula is C9H14N4O3S. The lowest BCUT2D eigenvalue weighted by Gasteiger charge is -2.23. The molecule has 2 heterocycles. The number of anilines is 1. The summed E-state index contributed by atoms with van der Waals surface area (Å²) in [5.41, 5.74) is 5.22. The molecule has 1 aromatic heterocycles. The van der Waals surface area contributed by atoms with E-state index in [2.05, 4.69) is 15.5 Å². The van der Waals surface area contributed by atoms with E-state index in [4.69, 9.17) is 5.73 Å². The molecule has 0 aromatic carbocycles. The van der Waals surface area contributed by atoms with Crippen molar-refractivity contribution in [1.82, 2.24) is 15.5 Å². The number of hydrogen-bond acceptors (Lipinski definition) is 5. The Morgan fingerprint density at radius 2 is 2.35 bits per heavy atom. The number of carbonyl (C=O) groups is 1. The molecule has 0 spiro atoms. The Kier molecular flexibility index (Phi) is 2.61. The van der Waals surface area contributed by atoms with E-state index >= 15 is 0 Å². The van der Waals surface area contributed by atoms with E-state index in [0.29, 0.717) is 6.42 Å². The van der Waals surface area contributed by atoms with Gasteiger partial charge in [0, 0.05) is 0 Å². The topological polar surface area (TPSA) is 118 Å². The summed E-state index contributed by atoms with van der Waals surface area (Å²) in [4.78, 5) is 11.8. The van der Waals surface area contributed by atoms with Gasteiger partial charge in [-0.2, -0.15) is 5.10 Å². The molecule has 7 nitrogen and oxygen atoms in total. The Morgan fingerprint density at radius 3 is 2.82 bits per heavy atom. The number of aromatic nitrogens is 2. The fourth-order valence-corrected chi connectivity index (χ4v) is 4.02. The summed E-state index contributed by atoms with van der Waals surface area (Å²) in [5, 5.41) is 8.80. The molecule has 2 rings (SSSR count). The van der Waals surface area contributed by atoms with Crippen molar-refractivity contribution in [1.29, 1.82) is 0 Å². The van der Waals surface area contributed by atoms with Gasteiger partial charge in [-0.1, -0.05) is 0 Å². The second-order valence-electron chi connectivity index (χ2n) is 4.56. The second kappa shape index (κ2) is 3.73. The average molecular weight is 258 g/mol. The molecule has 0 bridgehead atoms. The third-order valence-electron chi connectivity index (χ3n) is 2.81. The minimum atomic E-state index is -3.05. The lowest BCUT2D eigenvalue weighted by molar-refractivity contribution is 0.0911. The molecule has 0 saturated carbocycles. The summed E-state index contributed by atoms with van der Waals surface area (Å²) in [7, 11) is -3.05. The smallest absolute Gasteiger partial charge is 0.271 e. The first kappa shape index (κ1) is 11.9. The van der Waals surface area contributed by atoms with Gasteiger partial charge in [0.25, 0.3) is 5.91 Å². The van der Waals surface area contributed by atoms with Gasteiger partial charge in [-0.25, -0.2) is 8.42 Å². The summed E-state index contributed by atoms with van der Waals surface area (Å²) in [6.07, 6.45) is 1.75. The first-order valence-electron chi connectivity index (χ1n) is 5.13. The Morgan fingerprint density at radius 1 is 1.65 bits per heavy atom. The van der Waals surface area contributed by atoms with Crippen LogP contribution in [-0.4, -0.2) is 41.6 Å². The summed E-state index contributed by atoms with van der Waals surface area (Å²) in [6.45, 7) is 1.71. The summed E-state index contributed by atoms with van der Waals surface area (Å²) >= 11 is 0. The van der Waals surface area contributed by atoms with Gasteiger partial charge in [0.2, 0.25) is 0 Å². The van der Waals surface area contributed by atoms with Crippen LogP contribution < -0.4 is 11.1 Å². The van der Waals surface area contributed by atoms with E-state index in [0.717, 1.165) is 0 Å². The summed E-state index contributed by atoms with van der Waals surface area (Å²) in [6, 6.07) is 0. The molecule has 4 N–H and O–H groups in total. The number of H-pyrrole nitrogens is 1. The number of carbonyl (C=O) groups excluding carboxylic acids is 1. The van der Waals surface area contributed by atoms with Crippen molar-refractivity contribution in [3.05, 3.63) is 11.9 Å². The highest BCUT2D eigenvalue weighted by atomic mass is 32.2. The number of nitrogen functional groups attached to an aromatic ring is 1. The maximum absolute atomic E-state index is 11.8. The minimum Gasteiger partial charge on any atom is -0.396 e. The highest BCUT2D eigenvalue weighted by molar-refractivity contribution is 7.91. The Balaban J connectivity index is 2.13. The molecule has 0 aliphatic carbocycles. The fraction of sp³-hybridized carbons (Fsp3) is 0.556. The number of hydrogen-bond donors (Lipinski definition) is 3. The van der Waals surface area contributed by atoms with Gasteiger partial charge in [0.15, 0.2) is 9.84 Å². The summed E-state index contributed by atoms with van der Waals surface area (Å²) < 4.78 is 22.8. The van der Waals surface area contributed by atoms with E-state index in [1.807, 2.05) is 0 Å². The maximum Gasteiger partial charge on any atom is 0.271 e. The van der Waals surface area contributed by atoms with Crippen LogP contribution in [0.25, 0.3) is 0 Å². The fourth-order valence-electron chi connectivity index (χ4n) is 1.92. The molecule has 94 valence electrons. The number of nitrogens with zero attached hydrogens (tertiary/aromatic N) is 1. The molecule has 1 atom stereocenters. The predicted octanol–water partition coefficient (Wildman–Crippen LogP) is -0.701. The highest BCUT2D eigenvalue weighted by Crippen LogP contribution is 2.23. The molecule has 1 aliphatic rings. The van der Waals surface area contributed by atoms with Gasteiger partial charge in [-0.05, 0) is 13.3 Å². The van der Waals surface area contributed by atoms with Crippen LogP contribution in [-0.2, 0) is 9.84 Å². The van der Waals surface area contributed by atoms with Gasteiger partial charge >= 0.3 is 0 Å². The Hall–Kier alpha value is -1.57. The molecule has 1 unspecified atom stereocenters. The number of sulfone groups is 1. The van der Waals surface area contributed by atoms with Gasteiger partial charge in [0.05, 0.1) is 28.9 Å². The van der Waals surface area contributed by atoms with E-state index in [1.165, 1.54) is 6.20 Å².